The molecule has 0 radical (unpaired) electrons. The molecule has 0 spiro atoms. The summed E-state index contributed by atoms with van der Waals surface area (Å²) in [6.45, 7) is 0.136. The molecule has 0 N–H and O–H groups in total. The second-order valence-electron chi connectivity index (χ2n) is 13.7. The van der Waals surface area contributed by atoms with Crippen molar-refractivity contribution in [3.8, 4) is 39.1 Å². The number of para-hydroxylation sites is 2. The molecule has 0 fully saturated rings. The van der Waals surface area contributed by atoms with Crippen LogP contribution in [0.2, 0.25) is 0 Å². The number of hydrogen-bond donors (Lipinski definition) is 0. The van der Waals surface area contributed by atoms with Gasteiger partial charge in [0.25, 0.3) is 0 Å². The number of benzene rings is 8. The average molecular weight is 647 g/mol. The van der Waals surface area contributed by atoms with Gasteiger partial charge in [0, 0.05) is 33.5 Å². The number of anilines is 3. The highest BCUT2D eigenvalue weighted by atomic mass is 15.2. The lowest BCUT2D eigenvalue weighted by Gasteiger charge is -2.36. The van der Waals surface area contributed by atoms with Gasteiger partial charge < -0.3 is 9.47 Å². The Labute approximate surface area is 297 Å². The number of fused-ring (bicyclic) bond motifs is 8. The molecule has 0 aliphatic carbocycles. The molecule has 51 heavy (non-hydrogen) atoms. The quantitative estimate of drug-likeness (QED) is 0.173. The molecule has 3 heteroatoms. The molecule has 0 saturated heterocycles. The third kappa shape index (κ3) is 4.19. The van der Waals surface area contributed by atoms with E-state index in [4.69, 9.17) is 0 Å². The van der Waals surface area contributed by atoms with Gasteiger partial charge in [-0.15, -0.1) is 0 Å². The van der Waals surface area contributed by atoms with Crippen molar-refractivity contribution in [1.29, 1.82) is 0 Å². The molecular weight excluding hydrogens is 615 g/mol. The molecule has 0 bridgehead atoms. The lowest BCUT2D eigenvalue weighted by molar-refractivity contribution is 1.17. The van der Waals surface area contributed by atoms with Crippen molar-refractivity contribution in [2.24, 2.45) is 0 Å². The molecular formula is C48H31BN2. The Kier molecular flexibility index (Phi) is 6.08. The van der Waals surface area contributed by atoms with Crippen LogP contribution in [0.3, 0.4) is 0 Å². The van der Waals surface area contributed by atoms with Gasteiger partial charge in [-0.05, 0) is 86.8 Å². The molecule has 3 heterocycles. The minimum atomic E-state index is 0.136. The molecule has 0 unspecified atom stereocenters. The summed E-state index contributed by atoms with van der Waals surface area (Å²) in [6, 6.07) is 69.2. The van der Waals surface area contributed by atoms with Gasteiger partial charge in [0.15, 0.2) is 0 Å². The molecule has 0 atom stereocenters. The summed E-state index contributed by atoms with van der Waals surface area (Å²) in [4.78, 5) is 2.51. The van der Waals surface area contributed by atoms with Crippen molar-refractivity contribution in [3.05, 3.63) is 188 Å². The van der Waals surface area contributed by atoms with E-state index in [9.17, 15) is 0 Å². The Balaban J connectivity index is 1.21. The minimum absolute atomic E-state index is 0.136. The fourth-order valence-corrected chi connectivity index (χ4v) is 8.78. The molecule has 9 aromatic rings. The van der Waals surface area contributed by atoms with Gasteiger partial charge in [-0.1, -0.05) is 151 Å². The maximum Gasteiger partial charge on any atom is 0.248 e. The monoisotopic (exact) mass is 646 g/mol. The Bertz CT molecular complexity index is 2750. The first-order chi connectivity index (χ1) is 25.3. The Hall–Kier alpha value is -6.58. The molecule has 2 nitrogen and oxygen atoms in total. The van der Waals surface area contributed by atoms with E-state index in [1.807, 2.05) is 0 Å². The normalized spacial score (nSPS) is 12.6. The van der Waals surface area contributed by atoms with Crippen molar-refractivity contribution in [2.75, 3.05) is 4.90 Å². The molecule has 11 rings (SSSR count). The zero-order chi connectivity index (χ0) is 33.5. The van der Waals surface area contributed by atoms with Gasteiger partial charge in [-0.2, -0.15) is 0 Å². The lowest BCUT2D eigenvalue weighted by atomic mass is 9.37. The van der Waals surface area contributed by atoms with E-state index >= 15 is 0 Å². The Morgan fingerprint density at radius 1 is 0.353 bits per heavy atom. The van der Waals surface area contributed by atoms with Crippen LogP contribution in [0.25, 0.3) is 60.9 Å². The van der Waals surface area contributed by atoms with Gasteiger partial charge in [-0.25, -0.2) is 0 Å². The maximum absolute atomic E-state index is 2.51. The van der Waals surface area contributed by atoms with E-state index < -0.39 is 0 Å². The van der Waals surface area contributed by atoms with Crippen LogP contribution in [0.1, 0.15) is 0 Å². The van der Waals surface area contributed by atoms with E-state index in [0.29, 0.717) is 0 Å². The zero-order valence-corrected chi connectivity index (χ0v) is 27.9. The second kappa shape index (κ2) is 11.0. The van der Waals surface area contributed by atoms with Gasteiger partial charge in [0.1, 0.15) is 0 Å². The fraction of sp³-hybridized carbons (Fsp3) is 0. The summed E-state index contributed by atoms with van der Waals surface area (Å²) >= 11 is 0. The SMILES string of the molecule is c1ccc(-c2ccc(N3c4ccc(-c5ccccc5)cc4B4c5ccccc5-c5cc(-n6c7ccccc7c7ccccc76)cc3c54)cc2)cc1. The van der Waals surface area contributed by atoms with Crippen molar-refractivity contribution in [2.45, 2.75) is 0 Å². The van der Waals surface area contributed by atoms with Crippen LogP contribution in [-0.4, -0.2) is 11.3 Å². The third-order valence-electron chi connectivity index (χ3n) is 11.0. The lowest BCUT2D eigenvalue weighted by Crippen LogP contribution is -2.54. The van der Waals surface area contributed by atoms with Gasteiger partial charge in [0.2, 0.25) is 6.71 Å². The summed E-state index contributed by atoms with van der Waals surface area (Å²) < 4.78 is 2.46. The second-order valence-corrected chi connectivity index (χ2v) is 13.7. The van der Waals surface area contributed by atoms with Gasteiger partial charge in [0.05, 0.1) is 11.0 Å². The molecule has 8 aromatic carbocycles. The summed E-state index contributed by atoms with van der Waals surface area (Å²) in [6.07, 6.45) is 0. The van der Waals surface area contributed by atoms with Crippen LogP contribution in [0.4, 0.5) is 17.1 Å². The van der Waals surface area contributed by atoms with Crippen LogP contribution in [0, 0.1) is 0 Å². The summed E-state index contributed by atoms with van der Waals surface area (Å²) in [5, 5.41) is 2.54. The van der Waals surface area contributed by atoms with Crippen molar-refractivity contribution in [3.63, 3.8) is 0 Å². The highest BCUT2D eigenvalue weighted by Crippen LogP contribution is 2.44. The summed E-state index contributed by atoms with van der Waals surface area (Å²) in [5.74, 6) is 0. The van der Waals surface area contributed by atoms with Crippen molar-refractivity contribution >= 4 is 62.0 Å². The number of rotatable bonds is 4. The van der Waals surface area contributed by atoms with Crippen LogP contribution >= 0.6 is 0 Å². The van der Waals surface area contributed by atoms with E-state index in [2.05, 4.69) is 198 Å². The van der Waals surface area contributed by atoms with E-state index in [-0.39, 0.29) is 6.71 Å². The summed E-state index contributed by atoms with van der Waals surface area (Å²) in [7, 11) is 0. The first-order valence-electron chi connectivity index (χ1n) is 17.7. The minimum Gasteiger partial charge on any atom is -0.311 e. The topological polar surface area (TPSA) is 8.17 Å². The van der Waals surface area contributed by atoms with Crippen LogP contribution in [0.5, 0.6) is 0 Å². The van der Waals surface area contributed by atoms with E-state index in [1.54, 1.807) is 0 Å². The molecule has 1 aromatic heterocycles. The van der Waals surface area contributed by atoms with Crippen LogP contribution in [-0.2, 0) is 0 Å². The van der Waals surface area contributed by atoms with Crippen LogP contribution in [0.15, 0.2) is 188 Å². The third-order valence-corrected chi connectivity index (χ3v) is 11.0. The fourth-order valence-electron chi connectivity index (χ4n) is 8.78. The summed E-state index contributed by atoms with van der Waals surface area (Å²) in [5.41, 5.74) is 18.9. The average Bonchev–Trinajstić information content (AvgIpc) is 3.72. The smallest absolute Gasteiger partial charge is 0.248 e. The highest BCUT2D eigenvalue weighted by Gasteiger charge is 2.43. The maximum atomic E-state index is 2.51. The Morgan fingerprint density at radius 2 is 0.922 bits per heavy atom. The molecule has 0 amide bonds. The van der Waals surface area contributed by atoms with E-state index in [0.717, 1.165) is 5.69 Å². The zero-order valence-electron chi connectivity index (χ0n) is 27.9. The molecule has 2 aliphatic rings. The number of nitrogens with zero attached hydrogens (tertiary/aromatic N) is 2. The first kappa shape index (κ1) is 28.3. The van der Waals surface area contributed by atoms with Gasteiger partial charge >= 0.3 is 0 Å². The number of hydrogen-bond acceptors (Lipinski definition) is 1. The predicted octanol–water partition coefficient (Wildman–Crippen LogP) is 10.4. The largest absolute Gasteiger partial charge is 0.311 e. The van der Waals surface area contributed by atoms with Crippen molar-refractivity contribution < 1.29 is 0 Å². The van der Waals surface area contributed by atoms with Gasteiger partial charge in [-0.3, -0.25) is 0 Å². The van der Waals surface area contributed by atoms with Crippen molar-refractivity contribution in [1.82, 2.24) is 4.57 Å². The van der Waals surface area contributed by atoms with E-state index in [1.165, 1.54) is 88.6 Å². The van der Waals surface area contributed by atoms with Crippen LogP contribution < -0.4 is 21.3 Å². The number of aromatic nitrogens is 1. The highest BCUT2D eigenvalue weighted by molar-refractivity contribution is 7.01. The first-order valence-corrected chi connectivity index (χ1v) is 17.7. The molecule has 0 saturated carbocycles. The predicted molar refractivity (Wildman–Crippen MR) is 216 cm³/mol. The Morgan fingerprint density at radius 3 is 1.63 bits per heavy atom. The molecule has 236 valence electrons. The standard InChI is InChI=1S/C48H31BN2/c1-3-13-32(14-4-1)34-23-26-36(27-24-34)50-46-28-25-35(33-15-5-2-6-16-33)29-43(46)49-42-20-10-7-17-38(42)41-30-37(31-47(50)48(41)49)51-44-21-11-8-18-39(44)40-19-9-12-22-45(40)51/h1-31H. The molecule has 2 aliphatic heterocycles.